The minimum absolute atomic E-state index is 0.0154. The topological polar surface area (TPSA) is 79.5 Å². The highest BCUT2D eigenvalue weighted by atomic mass is 32.1. The van der Waals surface area contributed by atoms with Gasteiger partial charge in [-0.1, -0.05) is 51.1 Å². The maximum Gasteiger partial charge on any atom is 0.255 e. The summed E-state index contributed by atoms with van der Waals surface area (Å²) in [6, 6.07) is 11.1. The van der Waals surface area contributed by atoms with E-state index < -0.39 is 47.8 Å². The smallest absolute Gasteiger partial charge is 0.255 e. The quantitative estimate of drug-likeness (QED) is 0.367. The summed E-state index contributed by atoms with van der Waals surface area (Å²) in [4.78, 5) is 20.0. The summed E-state index contributed by atoms with van der Waals surface area (Å²) in [5, 5.41) is 10.5. The van der Waals surface area contributed by atoms with Crippen LogP contribution < -0.4 is 5.73 Å². The van der Waals surface area contributed by atoms with Crippen LogP contribution in [0.2, 0.25) is 0 Å². The van der Waals surface area contributed by atoms with E-state index in [0.717, 1.165) is 28.6 Å². The molecule has 0 saturated carbocycles. The lowest BCUT2D eigenvalue weighted by molar-refractivity contribution is -0.140. The fourth-order valence-electron chi connectivity index (χ4n) is 3.98. The lowest BCUT2D eigenvalue weighted by Gasteiger charge is -2.38. The zero-order valence-electron chi connectivity index (χ0n) is 21.3. The molecule has 2 aromatic carbocycles. The molecule has 0 aliphatic rings. The lowest BCUT2D eigenvalue weighted by Crippen LogP contribution is -2.42. The minimum atomic E-state index is -1.35. The van der Waals surface area contributed by atoms with Crippen LogP contribution in [0.3, 0.4) is 0 Å². The van der Waals surface area contributed by atoms with Crippen LogP contribution in [0.5, 0.6) is 0 Å². The standard InChI is InChI=1S/C28H32F3N3O2S/c1-17(35)27(36)34(13-12-20(32)16-29)25(28(2,3)4)24-23(14-18-8-6-5-7-9-18)37-26(33-24)21-15-19(30)10-11-22(21)31/h5-13,15,17,20,25,35H,14,16,32H2,1-4H3/b13-12+/t17-,20-,25+/m0/s1. The maximum absolute atomic E-state index is 14.7. The van der Waals surface area contributed by atoms with Gasteiger partial charge in [0, 0.05) is 23.1 Å². The number of carbonyl (C=O) groups excluding carboxylic acids is 1. The average molecular weight is 532 g/mol. The second kappa shape index (κ2) is 12.0. The first-order valence-electron chi connectivity index (χ1n) is 11.9. The molecule has 0 fully saturated rings. The average Bonchev–Trinajstić information content (AvgIpc) is 3.24. The number of thiazole rings is 1. The first-order chi connectivity index (χ1) is 17.4. The van der Waals surface area contributed by atoms with Gasteiger partial charge in [0.25, 0.3) is 5.91 Å². The van der Waals surface area contributed by atoms with Gasteiger partial charge in [-0.05, 0) is 42.2 Å². The van der Waals surface area contributed by atoms with E-state index in [1.807, 2.05) is 51.1 Å². The van der Waals surface area contributed by atoms with Gasteiger partial charge >= 0.3 is 0 Å². The molecule has 1 amide bonds. The van der Waals surface area contributed by atoms with Crippen molar-refractivity contribution in [3.63, 3.8) is 0 Å². The molecule has 0 aliphatic heterocycles. The number of rotatable bonds is 9. The van der Waals surface area contributed by atoms with Crippen LogP contribution in [0, 0.1) is 17.0 Å². The molecule has 198 valence electrons. The van der Waals surface area contributed by atoms with Crippen molar-refractivity contribution >= 4 is 17.2 Å². The van der Waals surface area contributed by atoms with Crippen molar-refractivity contribution in [3.05, 3.63) is 88.6 Å². The molecule has 3 N–H and O–H groups in total. The van der Waals surface area contributed by atoms with Gasteiger partial charge in [-0.25, -0.2) is 18.2 Å². The molecule has 3 aromatic rings. The summed E-state index contributed by atoms with van der Waals surface area (Å²) >= 11 is 1.21. The van der Waals surface area contributed by atoms with Gasteiger partial charge in [0.15, 0.2) is 0 Å². The second-order valence-electron chi connectivity index (χ2n) is 9.96. The van der Waals surface area contributed by atoms with Gasteiger partial charge in [0.2, 0.25) is 0 Å². The third-order valence-corrected chi connectivity index (χ3v) is 6.84. The number of hydrogen-bond acceptors (Lipinski definition) is 5. The van der Waals surface area contributed by atoms with E-state index in [9.17, 15) is 23.1 Å². The molecule has 0 spiro atoms. The van der Waals surface area contributed by atoms with Crippen molar-refractivity contribution in [2.75, 3.05) is 6.67 Å². The number of aliphatic hydroxyl groups excluding tert-OH is 1. The first-order valence-corrected chi connectivity index (χ1v) is 12.7. The number of nitrogens with two attached hydrogens (primary N) is 1. The normalized spacial score (nSPS) is 14.5. The molecule has 3 atom stereocenters. The molecule has 0 saturated heterocycles. The highest BCUT2D eigenvalue weighted by Crippen LogP contribution is 2.44. The fourth-order valence-corrected chi connectivity index (χ4v) is 5.12. The predicted molar refractivity (Wildman–Crippen MR) is 141 cm³/mol. The van der Waals surface area contributed by atoms with E-state index in [4.69, 9.17) is 10.7 Å². The van der Waals surface area contributed by atoms with E-state index in [1.54, 1.807) is 0 Å². The second-order valence-corrected chi connectivity index (χ2v) is 11.0. The molecule has 0 radical (unpaired) electrons. The van der Waals surface area contributed by atoms with Crippen LogP contribution >= 0.6 is 11.3 Å². The van der Waals surface area contributed by atoms with Gasteiger partial charge in [0.05, 0.1) is 17.8 Å². The number of amides is 1. The van der Waals surface area contributed by atoms with Crippen LogP contribution in [-0.2, 0) is 11.2 Å². The highest BCUT2D eigenvalue weighted by Gasteiger charge is 2.39. The SMILES string of the molecule is C[C@H](O)C(=O)N(/C=C/[C@H](N)CF)[C@H](c1nc(-c2cc(F)ccc2F)sc1Cc1ccccc1)C(C)(C)C. The van der Waals surface area contributed by atoms with Gasteiger partial charge in [-0.15, -0.1) is 11.3 Å². The Bertz CT molecular complexity index is 1240. The number of aromatic nitrogens is 1. The Morgan fingerprint density at radius 2 is 1.86 bits per heavy atom. The molecular formula is C28H32F3N3O2S. The molecule has 0 aliphatic carbocycles. The number of hydrogen-bond donors (Lipinski definition) is 2. The Hall–Kier alpha value is -3.01. The van der Waals surface area contributed by atoms with E-state index >= 15 is 0 Å². The third kappa shape index (κ3) is 7.06. The Morgan fingerprint density at radius 3 is 2.46 bits per heavy atom. The van der Waals surface area contributed by atoms with Crippen molar-refractivity contribution in [2.24, 2.45) is 11.1 Å². The van der Waals surface area contributed by atoms with Gasteiger partial charge in [0.1, 0.15) is 29.4 Å². The zero-order chi connectivity index (χ0) is 27.3. The molecule has 3 rings (SSSR count). The molecule has 0 unspecified atom stereocenters. The Balaban J connectivity index is 2.25. The molecule has 0 bridgehead atoms. The van der Waals surface area contributed by atoms with Crippen LogP contribution in [0.25, 0.3) is 10.6 Å². The Morgan fingerprint density at radius 1 is 1.19 bits per heavy atom. The molecular weight excluding hydrogens is 499 g/mol. The zero-order valence-corrected chi connectivity index (χ0v) is 22.1. The van der Waals surface area contributed by atoms with Crippen LogP contribution in [-0.4, -0.2) is 39.7 Å². The number of aliphatic hydroxyl groups is 1. The fraction of sp³-hybridized carbons (Fsp3) is 0.357. The minimum Gasteiger partial charge on any atom is -0.384 e. The molecule has 1 aromatic heterocycles. The van der Waals surface area contributed by atoms with Crippen LogP contribution in [0.1, 0.15) is 49.9 Å². The monoisotopic (exact) mass is 531 g/mol. The number of halogens is 3. The summed E-state index contributed by atoms with van der Waals surface area (Å²) in [7, 11) is 0. The highest BCUT2D eigenvalue weighted by molar-refractivity contribution is 7.15. The molecule has 9 heteroatoms. The van der Waals surface area contributed by atoms with Gasteiger partial charge < -0.3 is 15.7 Å². The Labute approximate surface area is 219 Å². The van der Waals surface area contributed by atoms with E-state index in [1.165, 1.54) is 35.4 Å². The van der Waals surface area contributed by atoms with E-state index in [0.29, 0.717) is 12.1 Å². The summed E-state index contributed by atoms with van der Waals surface area (Å²) in [5.41, 5.74) is 6.56. The van der Waals surface area contributed by atoms with E-state index in [2.05, 4.69) is 0 Å². The largest absolute Gasteiger partial charge is 0.384 e. The van der Waals surface area contributed by atoms with Crippen LogP contribution in [0.15, 0.2) is 60.8 Å². The summed E-state index contributed by atoms with van der Waals surface area (Å²) in [5.74, 6) is -1.84. The van der Waals surface area contributed by atoms with Crippen molar-refractivity contribution in [3.8, 4) is 10.6 Å². The number of alkyl halides is 1. The van der Waals surface area contributed by atoms with Crippen LogP contribution in [0.4, 0.5) is 13.2 Å². The maximum atomic E-state index is 14.7. The number of carbonyl (C=O) groups is 1. The lowest BCUT2D eigenvalue weighted by atomic mass is 9.82. The third-order valence-electron chi connectivity index (χ3n) is 5.74. The molecule has 37 heavy (non-hydrogen) atoms. The molecule has 5 nitrogen and oxygen atoms in total. The van der Waals surface area contributed by atoms with Crippen molar-refractivity contribution in [1.29, 1.82) is 0 Å². The van der Waals surface area contributed by atoms with E-state index in [-0.39, 0.29) is 10.6 Å². The van der Waals surface area contributed by atoms with Crippen molar-refractivity contribution in [2.45, 2.75) is 52.3 Å². The summed E-state index contributed by atoms with van der Waals surface area (Å²) < 4.78 is 41.9. The molecule has 1 heterocycles. The number of benzene rings is 2. The summed E-state index contributed by atoms with van der Waals surface area (Å²) in [6.07, 6.45) is 1.81. The van der Waals surface area contributed by atoms with Gasteiger partial charge in [-0.2, -0.15) is 0 Å². The predicted octanol–water partition coefficient (Wildman–Crippen LogP) is 5.79. The van der Waals surface area contributed by atoms with Crippen molar-refractivity contribution < 1.29 is 23.1 Å². The number of nitrogens with zero attached hydrogens (tertiary/aromatic N) is 2. The van der Waals surface area contributed by atoms with Crippen molar-refractivity contribution in [1.82, 2.24) is 9.88 Å². The first kappa shape index (κ1) is 28.6. The Kier molecular flexibility index (Phi) is 9.28. The summed E-state index contributed by atoms with van der Waals surface area (Å²) in [6.45, 7) is 6.22. The van der Waals surface area contributed by atoms with Gasteiger partial charge in [-0.3, -0.25) is 4.79 Å².